The van der Waals surface area contributed by atoms with Gasteiger partial charge in [-0.3, -0.25) is 14.4 Å². The Labute approximate surface area is 151 Å². The summed E-state index contributed by atoms with van der Waals surface area (Å²) in [5.41, 5.74) is 2.56. The molecule has 6 nitrogen and oxygen atoms in total. The van der Waals surface area contributed by atoms with Crippen LogP contribution in [0.15, 0.2) is 6.20 Å². The fourth-order valence-corrected chi connectivity index (χ4v) is 4.40. The second-order valence-electron chi connectivity index (χ2n) is 8.09. The Hall–Kier alpha value is -1.40. The SMILES string of the molecule is CCCN1CC2(CCN(C)CC2)CC1C(=O)NCc1cnn(C)c1C. The van der Waals surface area contributed by atoms with Crippen molar-refractivity contribution in [1.29, 1.82) is 0 Å². The van der Waals surface area contributed by atoms with Crippen LogP contribution in [0.5, 0.6) is 0 Å². The number of aryl methyl sites for hydroxylation is 1. The van der Waals surface area contributed by atoms with Gasteiger partial charge in [-0.1, -0.05) is 6.92 Å². The van der Waals surface area contributed by atoms with E-state index in [9.17, 15) is 4.79 Å². The Morgan fingerprint density at radius 3 is 2.68 bits per heavy atom. The van der Waals surface area contributed by atoms with E-state index in [1.807, 2.05) is 24.9 Å². The molecule has 6 heteroatoms. The van der Waals surface area contributed by atoms with Gasteiger partial charge in [0.25, 0.3) is 0 Å². The van der Waals surface area contributed by atoms with Gasteiger partial charge in [-0.25, -0.2) is 0 Å². The van der Waals surface area contributed by atoms with E-state index in [4.69, 9.17) is 0 Å². The predicted octanol–water partition coefficient (Wildman–Crippen LogP) is 1.54. The van der Waals surface area contributed by atoms with Gasteiger partial charge in [0, 0.05) is 31.4 Å². The molecule has 25 heavy (non-hydrogen) atoms. The van der Waals surface area contributed by atoms with Crippen molar-refractivity contribution in [2.24, 2.45) is 12.5 Å². The van der Waals surface area contributed by atoms with E-state index in [0.29, 0.717) is 12.0 Å². The molecular weight excluding hydrogens is 314 g/mol. The van der Waals surface area contributed by atoms with Crippen molar-refractivity contribution in [3.8, 4) is 0 Å². The minimum absolute atomic E-state index is 0.0281. The van der Waals surface area contributed by atoms with Crippen molar-refractivity contribution in [1.82, 2.24) is 24.9 Å². The van der Waals surface area contributed by atoms with E-state index in [-0.39, 0.29) is 11.9 Å². The number of amides is 1. The lowest BCUT2D eigenvalue weighted by Crippen LogP contribution is -2.43. The molecule has 0 radical (unpaired) electrons. The zero-order valence-electron chi connectivity index (χ0n) is 16.2. The fourth-order valence-electron chi connectivity index (χ4n) is 4.40. The molecule has 1 unspecified atom stereocenters. The van der Waals surface area contributed by atoms with E-state index < -0.39 is 0 Å². The second-order valence-corrected chi connectivity index (χ2v) is 8.09. The Morgan fingerprint density at radius 2 is 2.08 bits per heavy atom. The Bertz CT molecular complexity index is 603. The van der Waals surface area contributed by atoms with Crippen molar-refractivity contribution in [2.45, 2.75) is 52.1 Å². The summed E-state index contributed by atoms with van der Waals surface area (Å²) in [4.78, 5) is 17.8. The zero-order valence-corrected chi connectivity index (χ0v) is 16.2. The van der Waals surface area contributed by atoms with Gasteiger partial charge >= 0.3 is 0 Å². The number of rotatable bonds is 5. The molecular formula is C19H33N5O. The monoisotopic (exact) mass is 347 g/mol. The van der Waals surface area contributed by atoms with Crippen LogP contribution in [0.2, 0.25) is 0 Å². The number of piperidine rings is 1. The molecule has 0 aliphatic carbocycles. The highest BCUT2D eigenvalue weighted by Gasteiger charge is 2.47. The standard InChI is InChI=1S/C19H33N5O/c1-5-8-24-14-19(6-9-22(3)10-7-19)11-17(24)18(25)20-12-16-13-21-23(4)15(16)2/h13,17H,5-12,14H2,1-4H3,(H,20,25). The predicted molar refractivity (Wildman–Crippen MR) is 99.2 cm³/mol. The summed E-state index contributed by atoms with van der Waals surface area (Å²) in [6.07, 6.45) is 6.40. The van der Waals surface area contributed by atoms with Gasteiger partial charge in [0.05, 0.1) is 12.2 Å². The maximum Gasteiger partial charge on any atom is 0.237 e. The highest BCUT2D eigenvalue weighted by molar-refractivity contribution is 5.82. The lowest BCUT2D eigenvalue weighted by atomic mass is 9.76. The maximum atomic E-state index is 12.9. The van der Waals surface area contributed by atoms with Gasteiger partial charge in [-0.2, -0.15) is 5.10 Å². The molecule has 0 aromatic carbocycles. The molecule has 0 saturated carbocycles. The molecule has 0 bridgehead atoms. The summed E-state index contributed by atoms with van der Waals surface area (Å²) < 4.78 is 1.86. The molecule has 2 aliphatic rings. The summed E-state index contributed by atoms with van der Waals surface area (Å²) in [7, 11) is 4.14. The van der Waals surface area contributed by atoms with Crippen molar-refractivity contribution in [3.05, 3.63) is 17.5 Å². The van der Waals surface area contributed by atoms with Gasteiger partial charge in [-0.05, 0) is 64.7 Å². The lowest BCUT2D eigenvalue weighted by Gasteiger charge is -2.37. The number of nitrogens with one attached hydrogen (secondary N) is 1. The number of carbonyl (C=O) groups excluding carboxylic acids is 1. The van der Waals surface area contributed by atoms with Crippen LogP contribution in [0.1, 0.15) is 43.9 Å². The first kappa shape index (κ1) is 18.4. The Kier molecular flexibility index (Phi) is 5.49. The molecule has 2 fully saturated rings. The van der Waals surface area contributed by atoms with Crippen LogP contribution in [-0.4, -0.2) is 64.8 Å². The molecule has 1 aromatic heterocycles. The van der Waals surface area contributed by atoms with Crippen LogP contribution in [0.4, 0.5) is 0 Å². The third-order valence-electron chi connectivity index (χ3n) is 6.26. The topological polar surface area (TPSA) is 53.4 Å². The highest BCUT2D eigenvalue weighted by atomic mass is 16.2. The first-order chi connectivity index (χ1) is 11.9. The van der Waals surface area contributed by atoms with Crippen LogP contribution in [-0.2, 0) is 18.4 Å². The second kappa shape index (κ2) is 7.46. The minimum Gasteiger partial charge on any atom is -0.351 e. The van der Waals surface area contributed by atoms with E-state index in [1.165, 1.54) is 12.8 Å². The van der Waals surface area contributed by atoms with Gasteiger partial charge in [-0.15, -0.1) is 0 Å². The van der Waals surface area contributed by atoms with E-state index >= 15 is 0 Å². The molecule has 2 saturated heterocycles. The largest absolute Gasteiger partial charge is 0.351 e. The van der Waals surface area contributed by atoms with E-state index in [1.54, 1.807) is 0 Å². The number of aromatic nitrogens is 2. The molecule has 2 aliphatic heterocycles. The van der Waals surface area contributed by atoms with Gasteiger partial charge in [0.2, 0.25) is 5.91 Å². The molecule has 1 N–H and O–H groups in total. The molecule has 3 rings (SSSR count). The first-order valence-corrected chi connectivity index (χ1v) is 9.62. The Balaban J connectivity index is 1.64. The molecule has 1 amide bonds. The zero-order chi connectivity index (χ0) is 18.0. The summed E-state index contributed by atoms with van der Waals surface area (Å²) in [6.45, 7) is 9.23. The molecule has 1 aromatic rings. The van der Waals surface area contributed by atoms with Gasteiger partial charge in [0.1, 0.15) is 0 Å². The highest BCUT2D eigenvalue weighted by Crippen LogP contribution is 2.43. The van der Waals surface area contributed by atoms with Crippen molar-refractivity contribution < 1.29 is 4.79 Å². The lowest BCUT2D eigenvalue weighted by molar-refractivity contribution is -0.125. The van der Waals surface area contributed by atoms with Crippen molar-refractivity contribution in [3.63, 3.8) is 0 Å². The minimum atomic E-state index is 0.0281. The smallest absolute Gasteiger partial charge is 0.237 e. The molecule has 140 valence electrons. The third kappa shape index (κ3) is 3.90. The number of hydrogen-bond donors (Lipinski definition) is 1. The third-order valence-corrected chi connectivity index (χ3v) is 6.26. The van der Waals surface area contributed by atoms with E-state index in [2.05, 4.69) is 34.2 Å². The molecule has 1 spiro atoms. The normalized spacial score (nSPS) is 24.1. The summed E-state index contributed by atoms with van der Waals surface area (Å²) in [5.74, 6) is 0.188. The quantitative estimate of drug-likeness (QED) is 0.878. The first-order valence-electron chi connectivity index (χ1n) is 9.62. The summed E-state index contributed by atoms with van der Waals surface area (Å²) >= 11 is 0. The summed E-state index contributed by atoms with van der Waals surface area (Å²) in [5, 5.41) is 7.43. The average molecular weight is 348 g/mol. The van der Waals surface area contributed by atoms with Gasteiger partial charge < -0.3 is 10.2 Å². The van der Waals surface area contributed by atoms with Gasteiger partial charge in [0.15, 0.2) is 0 Å². The van der Waals surface area contributed by atoms with E-state index in [0.717, 1.165) is 50.3 Å². The van der Waals surface area contributed by atoms with Crippen molar-refractivity contribution >= 4 is 5.91 Å². The summed E-state index contributed by atoms with van der Waals surface area (Å²) in [6, 6.07) is 0.0281. The van der Waals surface area contributed by atoms with Crippen LogP contribution in [0.3, 0.4) is 0 Å². The van der Waals surface area contributed by atoms with Crippen LogP contribution < -0.4 is 5.32 Å². The number of nitrogens with zero attached hydrogens (tertiary/aromatic N) is 4. The molecule has 3 heterocycles. The fraction of sp³-hybridized carbons (Fsp3) is 0.789. The van der Waals surface area contributed by atoms with Crippen LogP contribution in [0, 0.1) is 12.3 Å². The number of likely N-dealkylation sites (tertiary alicyclic amines) is 2. The van der Waals surface area contributed by atoms with Crippen LogP contribution in [0.25, 0.3) is 0 Å². The Morgan fingerprint density at radius 1 is 1.36 bits per heavy atom. The average Bonchev–Trinajstić information content (AvgIpc) is 3.11. The van der Waals surface area contributed by atoms with Crippen LogP contribution >= 0.6 is 0 Å². The number of hydrogen-bond acceptors (Lipinski definition) is 4. The van der Waals surface area contributed by atoms with Crippen molar-refractivity contribution in [2.75, 3.05) is 33.2 Å². The maximum absolute atomic E-state index is 12.9. The number of carbonyl (C=O) groups is 1. The molecule has 1 atom stereocenters.